The van der Waals surface area contributed by atoms with Crippen molar-refractivity contribution < 1.29 is 17.9 Å². The molecule has 0 fully saturated rings. The first kappa shape index (κ1) is 21.2. The summed E-state index contributed by atoms with van der Waals surface area (Å²) in [4.78, 5) is 21.4. The number of nitrogen functional groups attached to an aromatic ring is 2. The summed E-state index contributed by atoms with van der Waals surface area (Å²) in [6, 6.07) is 7.49. The summed E-state index contributed by atoms with van der Waals surface area (Å²) < 4.78 is 28.8. The van der Waals surface area contributed by atoms with Gasteiger partial charge in [-0.15, -0.1) is 6.58 Å². The lowest BCUT2D eigenvalue weighted by Crippen LogP contribution is -2.33. The van der Waals surface area contributed by atoms with Crippen LogP contribution in [0.4, 0.5) is 22.1 Å². The SMILES string of the molecule is C=CCc1cccc(CN(C(=O)OCC)c2nc(S(C)(=O)=O)nc(N)c2N)c1. The molecule has 4 N–H and O–H groups in total. The second-order valence-corrected chi connectivity index (χ2v) is 7.91. The van der Waals surface area contributed by atoms with Crippen molar-refractivity contribution in [3.63, 3.8) is 0 Å². The second-order valence-electron chi connectivity index (χ2n) is 6.00. The minimum absolute atomic E-state index is 0.0493. The molecule has 0 saturated carbocycles. The van der Waals surface area contributed by atoms with E-state index in [9.17, 15) is 13.2 Å². The summed E-state index contributed by atoms with van der Waals surface area (Å²) in [5.74, 6) is -0.361. The highest BCUT2D eigenvalue weighted by molar-refractivity contribution is 7.90. The molecule has 2 rings (SSSR count). The number of hydrogen-bond donors (Lipinski definition) is 2. The van der Waals surface area contributed by atoms with Crippen molar-refractivity contribution in [1.82, 2.24) is 9.97 Å². The number of anilines is 3. The maximum absolute atomic E-state index is 12.6. The number of carbonyl (C=O) groups excluding carboxylic acids is 1. The van der Waals surface area contributed by atoms with Crippen LogP contribution in [-0.2, 0) is 27.5 Å². The van der Waals surface area contributed by atoms with Crippen molar-refractivity contribution in [2.75, 3.05) is 29.2 Å². The standard InChI is InChI=1S/C18H23N5O4S/c1-4-7-12-8-6-9-13(10-12)11-23(18(24)27-5-2)16-14(19)15(20)21-17(22-16)28(3,25)26/h4,6,8-10H,1,5,7,11,19H2,2-3H3,(H2,20,21,22). The van der Waals surface area contributed by atoms with Crippen LogP contribution in [-0.4, -0.2) is 37.3 Å². The van der Waals surface area contributed by atoms with Gasteiger partial charge in [-0.2, -0.15) is 9.97 Å². The van der Waals surface area contributed by atoms with Crippen LogP contribution in [0.3, 0.4) is 0 Å². The molecular formula is C18H23N5O4S. The summed E-state index contributed by atoms with van der Waals surface area (Å²) in [5, 5.41) is -0.524. The highest BCUT2D eigenvalue weighted by atomic mass is 32.2. The predicted octanol–water partition coefficient (Wildman–Crippen LogP) is 1.94. The zero-order valence-corrected chi connectivity index (χ0v) is 16.6. The molecule has 1 aromatic carbocycles. The van der Waals surface area contributed by atoms with E-state index >= 15 is 0 Å². The number of nitrogens with two attached hydrogens (primary N) is 2. The summed E-state index contributed by atoms with van der Waals surface area (Å²) in [7, 11) is -3.77. The number of allylic oxidation sites excluding steroid dienone is 1. The van der Waals surface area contributed by atoms with Crippen LogP contribution in [0.15, 0.2) is 42.1 Å². The number of ether oxygens (including phenoxy) is 1. The number of carbonyl (C=O) groups is 1. The molecule has 10 heteroatoms. The van der Waals surface area contributed by atoms with E-state index in [0.717, 1.165) is 22.3 Å². The lowest BCUT2D eigenvalue weighted by atomic mass is 10.1. The van der Waals surface area contributed by atoms with E-state index in [0.29, 0.717) is 6.42 Å². The number of rotatable bonds is 7. The molecular weight excluding hydrogens is 382 g/mol. The van der Waals surface area contributed by atoms with Gasteiger partial charge >= 0.3 is 6.09 Å². The van der Waals surface area contributed by atoms with Gasteiger partial charge in [-0.05, 0) is 24.5 Å². The van der Waals surface area contributed by atoms with Gasteiger partial charge in [0.1, 0.15) is 5.69 Å². The first-order chi connectivity index (χ1) is 13.2. The van der Waals surface area contributed by atoms with Crippen LogP contribution >= 0.6 is 0 Å². The average Bonchev–Trinajstić information content (AvgIpc) is 2.62. The maximum Gasteiger partial charge on any atom is 0.415 e. The van der Waals surface area contributed by atoms with Gasteiger partial charge in [0.05, 0.1) is 13.2 Å². The minimum atomic E-state index is -3.77. The van der Waals surface area contributed by atoms with Crippen molar-refractivity contribution in [2.45, 2.75) is 25.0 Å². The van der Waals surface area contributed by atoms with Gasteiger partial charge in [-0.25, -0.2) is 13.2 Å². The van der Waals surface area contributed by atoms with E-state index in [4.69, 9.17) is 16.2 Å². The molecule has 0 aliphatic carbocycles. The third-order valence-corrected chi connectivity index (χ3v) is 4.57. The summed E-state index contributed by atoms with van der Waals surface area (Å²) in [6.45, 7) is 5.53. The summed E-state index contributed by atoms with van der Waals surface area (Å²) in [5.41, 5.74) is 13.4. The molecule has 9 nitrogen and oxygen atoms in total. The van der Waals surface area contributed by atoms with Crippen molar-refractivity contribution in [2.24, 2.45) is 0 Å². The first-order valence-corrected chi connectivity index (χ1v) is 10.3. The molecule has 28 heavy (non-hydrogen) atoms. The van der Waals surface area contributed by atoms with Crippen LogP contribution in [0, 0.1) is 0 Å². The van der Waals surface area contributed by atoms with Crippen LogP contribution in [0.5, 0.6) is 0 Å². The molecule has 0 unspecified atom stereocenters. The number of nitrogens with zero attached hydrogens (tertiary/aromatic N) is 3. The Balaban J connectivity index is 2.55. The highest BCUT2D eigenvalue weighted by Crippen LogP contribution is 2.28. The van der Waals surface area contributed by atoms with Crippen LogP contribution in [0.25, 0.3) is 0 Å². The van der Waals surface area contributed by atoms with Gasteiger partial charge in [0.25, 0.3) is 5.16 Å². The fourth-order valence-corrected chi connectivity index (χ4v) is 2.97. The third kappa shape index (κ3) is 4.97. The molecule has 1 amide bonds. The molecule has 1 aromatic heterocycles. The first-order valence-electron chi connectivity index (χ1n) is 8.43. The van der Waals surface area contributed by atoms with Crippen LogP contribution in [0.2, 0.25) is 0 Å². The van der Waals surface area contributed by atoms with Gasteiger partial charge < -0.3 is 16.2 Å². The fourth-order valence-electron chi connectivity index (χ4n) is 2.46. The Labute approximate surface area is 163 Å². The monoisotopic (exact) mass is 405 g/mol. The number of sulfone groups is 1. The second kappa shape index (κ2) is 8.70. The Bertz CT molecular complexity index is 991. The van der Waals surface area contributed by atoms with Crippen molar-refractivity contribution >= 4 is 33.3 Å². The fraction of sp³-hybridized carbons (Fsp3) is 0.278. The summed E-state index contributed by atoms with van der Waals surface area (Å²) >= 11 is 0. The van der Waals surface area contributed by atoms with E-state index in [1.165, 1.54) is 0 Å². The Kier molecular flexibility index (Phi) is 6.57. The maximum atomic E-state index is 12.6. The third-order valence-electron chi connectivity index (χ3n) is 3.72. The molecule has 0 bridgehead atoms. The van der Waals surface area contributed by atoms with Gasteiger partial charge in [-0.3, -0.25) is 4.90 Å². The normalized spacial score (nSPS) is 11.1. The number of benzene rings is 1. The Morgan fingerprint density at radius 2 is 1.96 bits per heavy atom. The van der Waals surface area contributed by atoms with Gasteiger partial charge in [0.15, 0.2) is 11.6 Å². The quantitative estimate of drug-likeness (QED) is 0.526. The molecule has 150 valence electrons. The zero-order chi connectivity index (χ0) is 20.9. The number of hydrogen-bond acceptors (Lipinski definition) is 8. The summed E-state index contributed by atoms with van der Waals surface area (Å²) in [6.07, 6.45) is 2.63. The Morgan fingerprint density at radius 3 is 2.57 bits per heavy atom. The minimum Gasteiger partial charge on any atom is -0.449 e. The molecule has 2 aromatic rings. The molecule has 0 saturated heterocycles. The lowest BCUT2D eigenvalue weighted by Gasteiger charge is -2.23. The van der Waals surface area contributed by atoms with Crippen molar-refractivity contribution in [3.05, 3.63) is 48.0 Å². The lowest BCUT2D eigenvalue weighted by molar-refractivity contribution is 0.159. The van der Waals surface area contributed by atoms with Gasteiger partial charge in [-0.1, -0.05) is 30.3 Å². The average molecular weight is 405 g/mol. The number of aromatic nitrogens is 2. The van der Waals surface area contributed by atoms with E-state index in [2.05, 4.69) is 16.5 Å². The van der Waals surface area contributed by atoms with Crippen LogP contribution < -0.4 is 16.4 Å². The largest absolute Gasteiger partial charge is 0.449 e. The Hall–Kier alpha value is -3.14. The smallest absolute Gasteiger partial charge is 0.415 e. The molecule has 0 aliphatic rings. The van der Waals surface area contributed by atoms with E-state index in [-0.39, 0.29) is 30.5 Å². The Morgan fingerprint density at radius 1 is 1.29 bits per heavy atom. The number of amides is 1. The zero-order valence-electron chi connectivity index (χ0n) is 15.8. The topological polar surface area (TPSA) is 142 Å². The molecule has 0 aliphatic heterocycles. The predicted molar refractivity (Wildman–Crippen MR) is 108 cm³/mol. The van der Waals surface area contributed by atoms with E-state index in [1.54, 1.807) is 13.0 Å². The highest BCUT2D eigenvalue weighted by Gasteiger charge is 2.26. The van der Waals surface area contributed by atoms with Crippen molar-refractivity contribution in [1.29, 1.82) is 0 Å². The van der Waals surface area contributed by atoms with Gasteiger partial charge in [0.2, 0.25) is 9.84 Å². The van der Waals surface area contributed by atoms with Crippen molar-refractivity contribution in [3.8, 4) is 0 Å². The van der Waals surface area contributed by atoms with Gasteiger partial charge in [0, 0.05) is 6.26 Å². The molecule has 0 spiro atoms. The van der Waals surface area contributed by atoms with E-state index in [1.807, 2.05) is 24.3 Å². The van der Waals surface area contributed by atoms with Crippen LogP contribution in [0.1, 0.15) is 18.1 Å². The molecule has 1 heterocycles. The van der Waals surface area contributed by atoms with E-state index < -0.39 is 21.1 Å². The molecule has 0 atom stereocenters. The molecule has 0 radical (unpaired) electrons.